The summed E-state index contributed by atoms with van der Waals surface area (Å²) in [5.41, 5.74) is 1.19. The second-order valence-corrected chi connectivity index (χ2v) is 4.55. The molecule has 0 heterocycles. The molecular weight excluding hydrogens is 254 g/mol. The summed E-state index contributed by atoms with van der Waals surface area (Å²) in [4.78, 5) is 0. The lowest BCUT2D eigenvalue weighted by Gasteiger charge is -2.14. The van der Waals surface area contributed by atoms with Crippen LogP contribution >= 0.6 is 15.9 Å². The van der Waals surface area contributed by atoms with Gasteiger partial charge in [0.1, 0.15) is 5.75 Å². The summed E-state index contributed by atoms with van der Waals surface area (Å²) in [6.07, 6.45) is 0. The molecule has 0 atom stereocenters. The van der Waals surface area contributed by atoms with Gasteiger partial charge < -0.3 is 10.1 Å². The topological polar surface area (TPSA) is 21.3 Å². The highest BCUT2D eigenvalue weighted by Crippen LogP contribution is 2.29. The van der Waals surface area contributed by atoms with Gasteiger partial charge in [0.25, 0.3) is 0 Å². The summed E-state index contributed by atoms with van der Waals surface area (Å²) in [6.45, 7) is 7.81. The Labute approximate surface area is 100 Å². The van der Waals surface area contributed by atoms with Crippen molar-refractivity contribution in [2.24, 2.45) is 0 Å². The lowest BCUT2D eigenvalue weighted by Crippen LogP contribution is -2.22. The van der Waals surface area contributed by atoms with Gasteiger partial charge in [-0.05, 0) is 28.9 Å². The van der Waals surface area contributed by atoms with Crippen LogP contribution in [0.15, 0.2) is 22.7 Å². The Hall–Kier alpha value is -0.540. The normalized spacial score (nSPS) is 10.7. The predicted octanol–water partition coefficient (Wildman–Crippen LogP) is 3.35. The van der Waals surface area contributed by atoms with E-state index in [0.717, 1.165) is 16.8 Å². The van der Waals surface area contributed by atoms with Crippen LogP contribution in [0.4, 0.5) is 0 Å². The van der Waals surface area contributed by atoms with Gasteiger partial charge in [-0.15, -0.1) is 0 Å². The first-order chi connectivity index (χ1) is 7.15. The first-order valence-electron chi connectivity index (χ1n) is 5.28. The molecule has 0 radical (unpaired) electrons. The number of para-hydroxylation sites is 1. The Balaban J connectivity index is 2.80. The minimum absolute atomic E-state index is 0.485. The van der Waals surface area contributed by atoms with E-state index >= 15 is 0 Å². The van der Waals surface area contributed by atoms with Crippen LogP contribution in [-0.2, 0) is 6.54 Å². The quantitative estimate of drug-likeness (QED) is 0.887. The van der Waals surface area contributed by atoms with E-state index in [1.807, 2.05) is 19.1 Å². The van der Waals surface area contributed by atoms with Crippen molar-refractivity contribution < 1.29 is 4.74 Å². The molecule has 3 heteroatoms. The van der Waals surface area contributed by atoms with E-state index in [0.29, 0.717) is 12.6 Å². The van der Waals surface area contributed by atoms with Crippen LogP contribution in [0, 0.1) is 0 Å². The zero-order chi connectivity index (χ0) is 11.3. The minimum Gasteiger partial charge on any atom is -0.492 e. The molecule has 0 saturated heterocycles. The lowest BCUT2D eigenvalue weighted by molar-refractivity contribution is 0.333. The number of benzene rings is 1. The number of rotatable bonds is 5. The van der Waals surface area contributed by atoms with Crippen molar-refractivity contribution in [2.75, 3.05) is 6.61 Å². The molecule has 1 N–H and O–H groups in total. The monoisotopic (exact) mass is 271 g/mol. The Bertz CT molecular complexity index is 312. The van der Waals surface area contributed by atoms with Gasteiger partial charge in [0.15, 0.2) is 0 Å². The number of ether oxygens (including phenoxy) is 1. The van der Waals surface area contributed by atoms with E-state index < -0.39 is 0 Å². The van der Waals surface area contributed by atoms with Crippen molar-refractivity contribution in [1.82, 2.24) is 5.32 Å². The fraction of sp³-hybridized carbons (Fsp3) is 0.500. The number of nitrogens with one attached hydrogen (secondary N) is 1. The van der Waals surface area contributed by atoms with Crippen LogP contribution in [0.25, 0.3) is 0 Å². The SMILES string of the molecule is CCOc1c(Br)cccc1CNC(C)C. The second-order valence-electron chi connectivity index (χ2n) is 3.70. The van der Waals surface area contributed by atoms with Gasteiger partial charge in [0.05, 0.1) is 11.1 Å². The molecule has 0 spiro atoms. The molecule has 0 saturated carbocycles. The third-order valence-electron chi connectivity index (χ3n) is 2.04. The summed E-state index contributed by atoms with van der Waals surface area (Å²) < 4.78 is 6.63. The van der Waals surface area contributed by atoms with Crippen LogP contribution in [0.3, 0.4) is 0 Å². The van der Waals surface area contributed by atoms with Gasteiger partial charge in [0, 0.05) is 18.2 Å². The second kappa shape index (κ2) is 6.13. The third kappa shape index (κ3) is 3.84. The average Bonchev–Trinajstić information content (AvgIpc) is 2.19. The Morgan fingerprint density at radius 2 is 2.13 bits per heavy atom. The summed E-state index contributed by atoms with van der Waals surface area (Å²) in [5, 5.41) is 3.39. The molecule has 1 rings (SSSR count). The minimum atomic E-state index is 0.485. The third-order valence-corrected chi connectivity index (χ3v) is 2.66. The van der Waals surface area contributed by atoms with Crippen LogP contribution in [0.5, 0.6) is 5.75 Å². The van der Waals surface area contributed by atoms with Gasteiger partial charge in [-0.3, -0.25) is 0 Å². The lowest BCUT2D eigenvalue weighted by atomic mass is 10.2. The summed E-state index contributed by atoms with van der Waals surface area (Å²) in [7, 11) is 0. The van der Waals surface area contributed by atoms with E-state index in [-0.39, 0.29) is 0 Å². The zero-order valence-electron chi connectivity index (χ0n) is 9.51. The fourth-order valence-corrected chi connectivity index (χ4v) is 1.83. The largest absolute Gasteiger partial charge is 0.492 e. The van der Waals surface area contributed by atoms with Crippen molar-refractivity contribution in [3.63, 3.8) is 0 Å². The molecule has 0 fully saturated rings. The number of halogens is 1. The predicted molar refractivity (Wildman–Crippen MR) is 67.3 cm³/mol. The van der Waals surface area contributed by atoms with Crippen molar-refractivity contribution in [1.29, 1.82) is 0 Å². The Morgan fingerprint density at radius 1 is 1.40 bits per heavy atom. The molecule has 0 unspecified atom stereocenters. The van der Waals surface area contributed by atoms with E-state index in [9.17, 15) is 0 Å². The molecule has 84 valence electrons. The molecule has 0 aromatic heterocycles. The Kier molecular flexibility index (Phi) is 5.12. The highest BCUT2D eigenvalue weighted by atomic mass is 79.9. The van der Waals surface area contributed by atoms with Crippen LogP contribution in [0.1, 0.15) is 26.3 Å². The molecule has 0 bridgehead atoms. The van der Waals surface area contributed by atoms with Crippen LogP contribution in [0.2, 0.25) is 0 Å². The maximum Gasteiger partial charge on any atom is 0.137 e. The van der Waals surface area contributed by atoms with E-state index in [4.69, 9.17) is 4.74 Å². The van der Waals surface area contributed by atoms with E-state index in [2.05, 4.69) is 41.2 Å². The summed E-state index contributed by atoms with van der Waals surface area (Å²) >= 11 is 3.50. The molecule has 0 aliphatic carbocycles. The van der Waals surface area contributed by atoms with Gasteiger partial charge in [-0.1, -0.05) is 26.0 Å². The van der Waals surface area contributed by atoms with Crippen molar-refractivity contribution in [3.05, 3.63) is 28.2 Å². The number of hydrogen-bond donors (Lipinski definition) is 1. The van der Waals surface area contributed by atoms with Gasteiger partial charge in [-0.2, -0.15) is 0 Å². The molecule has 1 aromatic rings. The summed E-state index contributed by atoms with van der Waals surface area (Å²) in [6, 6.07) is 6.61. The molecular formula is C12H18BrNO. The zero-order valence-corrected chi connectivity index (χ0v) is 11.1. The van der Waals surface area contributed by atoms with E-state index in [1.165, 1.54) is 5.56 Å². The highest BCUT2D eigenvalue weighted by molar-refractivity contribution is 9.10. The first kappa shape index (κ1) is 12.5. The standard InChI is InChI=1S/C12H18BrNO/c1-4-15-12-10(8-14-9(2)3)6-5-7-11(12)13/h5-7,9,14H,4,8H2,1-3H3. The van der Waals surface area contributed by atoms with Crippen molar-refractivity contribution in [2.45, 2.75) is 33.4 Å². The van der Waals surface area contributed by atoms with Gasteiger partial charge >= 0.3 is 0 Å². The van der Waals surface area contributed by atoms with E-state index in [1.54, 1.807) is 0 Å². The molecule has 2 nitrogen and oxygen atoms in total. The number of hydrogen-bond acceptors (Lipinski definition) is 2. The maximum absolute atomic E-state index is 5.61. The summed E-state index contributed by atoms with van der Waals surface area (Å²) in [5.74, 6) is 0.952. The van der Waals surface area contributed by atoms with Crippen LogP contribution < -0.4 is 10.1 Å². The maximum atomic E-state index is 5.61. The molecule has 0 aliphatic heterocycles. The smallest absolute Gasteiger partial charge is 0.137 e. The molecule has 15 heavy (non-hydrogen) atoms. The molecule has 0 amide bonds. The highest BCUT2D eigenvalue weighted by Gasteiger charge is 2.07. The van der Waals surface area contributed by atoms with Gasteiger partial charge in [0.2, 0.25) is 0 Å². The molecule has 1 aromatic carbocycles. The Morgan fingerprint density at radius 3 is 2.73 bits per heavy atom. The first-order valence-corrected chi connectivity index (χ1v) is 6.08. The van der Waals surface area contributed by atoms with Gasteiger partial charge in [-0.25, -0.2) is 0 Å². The van der Waals surface area contributed by atoms with Crippen molar-refractivity contribution in [3.8, 4) is 5.75 Å². The average molecular weight is 272 g/mol. The molecule has 0 aliphatic rings. The van der Waals surface area contributed by atoms with Crippen molar-refractivity contribution >= 4 is 15.9 Å². The van der Waals surface area contributed by atoms with Crippen LogP contribution in [-0.4, -0.2) is 12.6 Å². The fourth-order valence-electron chi connectivity index (χ4n) is 1.31.